The summed E-state index contributed by atoms with van der Waals surface area (Å²) in [7, 11) is 1.87. The molecule has 5 rings (SSSR count). The van der Waals surface area contributed by atoms with Crippen LogP contribution in [0.1, 0.15) is 18.9 Å². The number of hydrogen-bond donors (Lipinski definition) is 1. The van der Waals surface area contributed by atoms with Crippen LogP contribution < -0.4 is 0 Å². The fraction of sp³-hybridized carbons (Fsp3) is 0.227. The molecule has 1 N–H and O–H groups in total. The number of nitrogens with one attached hydrogen (secondary N) is 1. The zero-order chi connectivity index (χ0) is 19.1. The normalized spacial score (nSPS) is 17.4. The van der Waals surface area contributed by atoms with Gasteiger partial charge in [-0.2, -0.15) is 0 Å². The molecule has 0 aliphatic carbocycles. The third-order valence-corrected chi connectivity index (χ3v) is 5.45. The van der Waals surface area contributed by atoms with Crippen molar-refractivity contribution in [3.63, 3.8) is 0 Å². The molecule has 4 aromatic rings. The van der Waals surface area contributed by atoms with Crippen molar-refractivity contribution >= 4 is 16.9 Å². The lowest BCUT2D eigenvalue weighted by atomic mass is 10.0. The molecule has 0 spiro atoms. The lowest BCUT2D eigenvalue weighted by Gasteiger charge is -2.31. The van der Waals surface area contributed by atoms with Crippen molar-refractivity contribution in [1.82, 2.24) is 24.4 Å². The number of aromatic nitrogens is 4. The van der Waals surface area contributed by atoms with E-state index in [0.717, 1.165) is 40.2 Å². The lowest BCUT2D eigenvalue weighted by molar-refractivity contribution is -0.132. The number of fused-ring (bicyclic) bond motifs is 1. The third-order valence-electron chi connectivity index (χ3n) is 5.45. The number of likely N-dealkylation sites (tertiary alicyclic amines) is 1. The first-order chi connectivity index (χ1) is 13.7. The molecule has 6 heteroatoms. The molecule has 3 heterocycles. The number of benzene rings is 2. The van der Waals surface area contributed by atoms with Crippen LogP contribution in [0.5, 0.6) is 0 Å². The highest BCUT2D eigenvalue weighted by Crippen LogP contribution is 2.35. The van der Waals surface area contributed by atoms with Crippen molar-refractivity contribution in [3.8, 4) is 22.8 Å². The van der Waals surface area contributed by atoms with Gasteiger partial charge in [-0.25, -0.2) is 9.97 Å². The zero-order valence-electron chi connectivity index (χ0n) is 15.7. The summed E-state index contributed by atoms with van der Waals surface area (Å²) in [4.78, 5) is 26.8. The van der Waals surface area contributed by atoms with Gasteiger partial charge in [-0.1, -0.05) is 42.5 Å². The Hall–Kier alpha value is -3.41. The molecule has 1 aliphatic heterocycles. The van der Waals surface area contributed by atoms with Gasteiger partial charge in [0.1, 0.15) is 5.69 Å². The van der Waals surface area contributed by atoms with Crippen LogP contribution in [0.15, 0.2) is 60.9 Å². The van der Waals surface area contributed by atoms with Crippen LogP contribution in [0.2, 0.25) is 0 Å². The number of carbonyl (C=O) groups excluding carboxylic acids is 1. The summed E-state index contributed by atoms with van der Waals surface area (Å²) in [5.41, 5.74) is 4.85. The van der Waals surface area contributed by atoms with E-state index in [9.17, 15) is 4.79 Å². The van der Waals surface area contributed by atoms with Crippen LogP contribution in [0.25, 0.3) is 33.8 Å². The van der Waals surface area contributed by atoms with Crippen LogP contribution in [0.4, 0.5) is 0 Å². The Labute approximate surface area is 162 Å². The van der Waals surface area contributed by atoms with Gasteiger partial charge in [0.15, 0.2) is 5.82 Å². The van der Waals surface area contributed by atoms with Crippen LogP contribution >= 0.6 is 0 Å². The molecule has 1 amide bonds. The summed E-state index contributed by atoms with van der Waals surface area (Å²) < 4.78 is 2.18. The Bertz CT molecular complexity index is 1110. The number of rotatable bonds is 3. The maximum atomic E-state index is 12.0. The summed E-state index contributed by atoms with van der Waals surface area (Å²) in [6.45, 7) is 0.677. The summed E-state index contributed by atoms with van der Waals surface area (Å²) in [5, 5.41) is 0. The molecule has 6 nitrogen and oxygen atoms in total. The van der Waals surface area contributed by atoms with E-state index in [1.165, 1.54) is 0 Å². The molecule has 2 aromatic carbocycles. The van der Waals surface area contributed by atoms with E-state index in [1.807, 2.05) is 55.8 Å². The predicted molar refractivity (Wildman–Crippen MR) is 109 cm³/mol. The van der Waals surface area contributed by atoms with Gasteiger partial charge in [-0.15, -0.1) is 0 Å². The number of piperidine rings is 1. The second kappa shape index (κ2) is 6.64. The first kappa shape index (κ1) is 16.7. The minimum atomic E-state index is 0.177. The third kappa shape index (κ3) is 2.78. The fourth-order valence-electron chi connectivity index (χ4n) is 3.96. The topological polar surface area (TPSA) is 66.8 Å². The van der Waals surface area contributed by atoms with Gasteiger partial charge < -0.3 is 14.5 Å². The molecule has 2 aromatic heterocycles. The van der Waals surface area contributed by atoms with Gasteiger partial charge >= 0.3 is 0 Å². The van der Waals surface area contributed by atoms with Crippen LogP contribution in [-0.2, 0) is 4.79 Å². The highest BCUT2D eigenvalue weighted by Gasteiger charge is 2.28. The first-order valence-electron chi connectivity index (χ1n) is 9.52. The predicted octanol–water partition coefficient (Wildman–Crippen LogP) is 3.89. The minimum absolute atomic E-state index is 0.177. The number of H-pyrrole nitrogens is 1. The fourth-order valence-corrected chi connectivity index (χ4v) is 3.96. The highest BCUT2D eigenvalue weighted by atomic mass is 16.2. The number of imidazole rings is 2. The number of hydrogen-bond acceptors (Lipinski definition) is 3. The summed E-state index contributed by atoms with van der Waals surface area (Å²) in [6.07, 6.45) is 3.25. The molecule has 1 fully saturated rings. The number of likely N-dealkylation sites (N-methyl/N-ethyl adjacent to an activating group) is 1. The second-order valence-corrected chi connectivity index (χ2v) is 7.28. The number of carbonyl (C=O) groups is 1. The Morgan fingerprint density at radius 3 is 2.64 bits per heavy atom. The van der Waals surface area contributed by atoms with Crippen LogP contribution in [-0.4, -0.2) is 43.9 Å². The van der Waals surface area contributed by atoms with Gasteiger partial charge in [0, 0.05) is 25.6 Å². The largest absolute Gasteiger partial charge is 0.344 e. The Balaban J connectivity index is 1.67. The maximum absolute atomic E-state index is 12.0. The molecule has 0 radical (unpaired) electrons. The number of nitrogens with zero attached hydrogens (tertiary/aromatic N) is 4. The number of amides is 1. The standard InChI is InChI=1S/C22H21N5O/c1-26-13-16(11-12-19(26)28)27-14-23-20(15-7-3-2-4-8-15)21(27)22-24-17-9-5-6-10-18(17)25-22/h2-10,14,16H,11-13H2,1H3,(H,24,25)/t16-/m0/s1. The smallest absolute Gasteiger partial charge is 0.222 e. The zero-order valence-corrected chi connectivity index (χ0v) is 15.7. The van der Waals surface area contributed by atoms with Crippen molar-refractivity contribution in [1.29, 1.82) is 0 Å². The van der Waals surface area contributed by atoms with Gasteiger partial charge in [-0.3, -0.25) is 4.79 Å². The summed E-state index contributed by atoms with van der Waals surface area (Å²) >= 11 is 0. The SMILES string of the molecule is CN1C[C@@H](n2cnc(-c3ccccc3)c2-c2nc3ccccc3[nH]2)CCC1=O. The van der Waals surface area contributed by atoms with Gasteiger partial charge in [0.25, 0.3) is 0 Å². The van der Waals surface area contributed by atoms with Crippen LogP contribution in [0.3, 0.4) is 0 Å². The Morgan fingerprint density at radius 2 is 1.86 bits per heavy atom. The van der Waals surface area contributed by atoms with Crippen molar-refractivity contribution in [3.05, 3.63) is 60.9 Å². The van der Waals surface area contributed by atoms with Gasteiger partial charge in [0.2, 0.25) is 5.91 Å². The quantitative estimate of drug-likeness (QED) is 0.594. The van der Waals surface area contributed by atoms with Crippen molar-refractivity contribution < 1.29 is 4.79 Å². The van der Waals surface area contributed by atoms with Crippen LogP contribution in [0, 0.1) is 0 Å². The second-order valence-electron chi connectivity index (χ2n) is 7.28. The van der Waals surface area contributed by atoms with Gasteiger partial charge in [0.05, 0.1) is 29.1 Å². The number of para-hydroxylation sites is 2. The van der Waals surface area contributed by atoms with Crippen molar-refractivity contribution in [2.24, 2.45) is 0 Å². The van der Waals surface area contributed by atoms with E-state index >= 15 is 0 Å². The molecule has 28 heavy (non-hydrogen) atoms. The highest BCUT2D eigenvalue weighted by molar-refractivity contribution is 5.83. The molecule has 140 valence electrons. The van der Waals surface area contributed by atoms with E-state index in [-0.39, 0.29) is 11.9 Å². The lowest BCUT2D eigenvalue weighted by Crippen LogP contribution is -2.37. The van der Waals surface area contributed by atoms with Crippen molar-refractivity contribution in [2.45, 2.75) is 18.9 Å². The Morgan fingerprint density at radius 1 is 1.07 bits per heavy atom. The molecular weight excluding hydrogens is 350 g/mol. The molecule has 0 bridgehead atoms. The van der Waals surface area contributed by atoms with E-state index in [1.54, 1.807) is 4.90 Å². The minimum Gasteiger partial charge on any atom is -0.344 e. The average Bonchev–Trinajstić information content (AvgIpc) is 3.34. The van der Waals surface area contributed by atoms with E-state index in [4.69, 9.17) is 9.97 Å². The molecule has 0 saturated carbocycles. The Kier molecular flexibility index (Phi) is 3.97. The summed E-state index contributed by atoms with van der Waals surface area (Å²) in [5.74, 6) is 1.00. The van der Waals surface area contributed by atoms with Gasteiger partial charge in [-0.05, 0) is 18.6 Å². The monoisotopic (exact) mass is 371 g/mol. The summed E-state index contributed by atoms with van der Waals surface area (Å²) in [6, 6.07) is 18.4. The molecule has 1 atom stereocenters. The van der Waals surface area contributed by atoms with E-state index < -0.39 is 0 Å². The van der Waals surface area contributed by atoms with Crippen molar-refractivity contribution in [2.75, 3.05) is 13.6 Å². The van der Waals surface area contributed by atoms with E-state index in [2.05, 4.69) is 21.7 Å². The maximum Gasteiger partial charge on any atom is 0.222 e. The number of aromatic amines is 1. The molecular formula is C22H21N5O. The average molecular weight is 371 g/mol. The molecule has 1 saturated heterocycles. The molecule has 0 unspecified atom stereocenters. The molecule has 1 aliphatic rings. The first-order valence-corrected chi connectivity index (χ1v) is 9.52. The van der Waals surface area contributed by atoms with E-state index in [0.29, 0.717) is 13.0 Å².